The van der Waals surface area contributed by atoms with Crippen molar-refractivity contribution in [2.24, 2.45) is 0 Å². The largest absolute Gasteiger partial charge is 0.476 e. The molecule has 2 aromatic carbocycles. The van der Waals surface area contributed by atoms with Crippen LogP contribution in [0, 0.1) is 0 Å². The molecule has 5 nitrogen and oxygen atoms in total. The maximum absolute atomic E-state index is 13.3. The first-order chi connectivity index (χ1) is 14.0. The highest BCUT2D eigenvalue weighted by molar-refractivity contribution is 6.07. The van der Waals surface area contributed by atoms with Crippen molar-refractivity contribution >= 4 is 17.5 Å². The van der Waals surface area contributed by atoms with E-state index < -0.39 is 6.10 Å². The van der Waals surface area contributed by atoms with Crippen molar-refractivity contribution < 1.29 is 14.3 Å². The van der Waals surface area contributed by atoms with Crippen molar-refractivity contribution in [2.75, 3.05) is 24.5 Å². The predicted molar refractivity (Wildman–Crippen MR) is 113 cm³/mol. The molecule has 2 heterocycles. The van der Waals surface area contributed by atoms with Crippen LogP contribution in [0.1, 0.15) is 54.9 Å². The number of likely N-dealkylation sites (tertiary alicyclic amines) is 1. The van der Waals surface area contributed by atoms with Crippen molar-refractivity contribution in [3.63, 3.8) is 0 Å². The standard InChI is InChI=1S/C24H28N2O3/c1-17(2)18-10-12-19(13-11-18)23(27)26-16-22(24(28)25-14-6-3-7-15-25)29-21-9-5-4-8-20(21)26/h4-5,8-13,17,22H,3,6-7,14-16H2,1-2H3/t22-/m1/s1. The number of carbonyl (C=O) groups is 2. The Morgan fingerprint density at radius 1 is 0.966 bits per heavy atom. The third kappa shape index (κ3) is 4.00. The molecule has 0 spiro atoms. The molecule has 2 amide bonds. The van der Waals surface area contributed by atoms with Crippen molar-refractivity contribution in [3.05, 3.63) is 59.7 Å². The van der Waals surface area contributed by atoms with Crippen LogP contribution < -0.4 is 9.64 Å². The summed E-state index contributed by atoms with van der Waals surface area (Å²) in [6, 6.07) is 15.2. The molecule has 5 heteroatoms. The van der Waals surface area contributed by atoms with Gasteiger partial charge in [-0.15, -0.1) is 0 Å². The van der Waals surface area contributed by atoms with Crippen LogP contribution in [0.2, 0.25) is 0 Å². The van der Waals surface area contributed by atoms with Gasteiger partial charge in [-0.2, -0.15) is 0 Å². The van der Waals surface area contributed by atoms with Gasteiger partial charge in [-0.3, -0.25) is 9.59 Å². The zero-order valence-electron chi connectivity index (χ0n) is 17.1. The number of piperidine rings is 1. The minimum atomic E-state index is -0.665. The minimum absolute atomic E-state index is 0.0211. The summed E-state index contributed by atoms with van der Waals surface area (Å²) in [5.41, 5.74) is 2.53. The first kappa shape index (κ1) is 19.5. The van der Waals surface area contributed by atoms with Crippen LogP contribution in [-0.4, -0.2) is 42.5 Å². The molecule has 0 bridgehead atoms. The van der Waals surface area contributed by atoms with Crippen LogP contribution in [0.15, 0.2) is 48.5 Å². The zero-order valence-corrected chi connectivity index (χ0v) is 17.1. The number of para-hydroxylation sites is 2. The fraction of sp³-hybridized carbons (Fsp3) is 0.417. The number of nitrogens with zero attached hydrogens (tertiary/aromatic N) is 2. The summed E-state index contributed by atoms with van der Waals surface area (Å²) in [7, 11) is 0. The van der Waals surface area contributed by atoms with Gasteiger partial charge in [0.25, 0.3) is 11.8 Å². The number of hydrogen-bond acceptors (Lipinski definition) is 3. The smallest absolute Gasteiger partial charge is 0.265 e. The summed E-state index contributed by atoms with van der Waals surface area (Å²) in [5, 5.41) is 0. The maximum atomic E-state index is 13.3. The summed E-state index contributed by atoms with van der Waals surface area (Å²) < 4.78 is 6.03. The van der Waals surface area contributed by atoms with Gasteiger partial charge in [0, 0.05) is 18.7 Å². The average molecular weight is 392 g/mol. The van der Waals surface area contributed by atoms with Gasteiger partial charge in [0.15, 0.2) is 6.10 Å². The number of carbonyl (C=O) groups excluding carboxylic acids is 2. The highest BCUT2D eigenvalue weighted by Crippen LogP contribution is 2.34. The lowest BCUT2D eigenvalue weighted by Crippen LogP contribution is -2.52. The van der Waals surface area contributed by atoms with Crippen LogP contribution in [0.3, 0.4) is 0 Å². The van der Waals surface area contributed by atoms with Gasteiger partial charge in [0.05, 0.1) is 12.2 Å². The predicted octanol–water partition coefficient (Wildman–Crippen LogP) is 4.23. The summed E-state index contributed by atoms with van der Waals surface area (Å²) in [6.07, 6.45) is 2.55. The van der Waals surface area contributed by atoms with Gasteiger partial charge in [-0.05, 0) is 55.0 Å². The molecular formula is C24H28N2O3. The van der Waals surface area contributed by atoms with Crippen LogP contribution in [0.25, 0.3) is 0 Å². The second kappa shape index (κ2) is 8.27. The molecule has 0 aromatic heterocycles. The number of hydrogen-bond donors (Lipinski definition) is 0. The Morgan fingerprint density at radius 3 is 2.34 bits per heavy atom. The molecule has 0 unspecified atom stereocenters. The quantitative estimate of drug-likeness (QED) is 0.785. The second-order valence-corrected chi connectivity index (χ2v) is 8.15. The maximum Gasteiger partial charge on any atom is 0.265 e. The average Bonchev–Trinajstić information content (AvgIpc) is 2.78. The number of fused-ring (bicyclic) bond motifs is 1. The van der Waals surface area contributed by atoms with E-state index in [0.717, 1.165) is 32.4 Å². The van der Waals surface area contributed by atoms with E-state index in [2.05, 4.69) is 13.8 Å². The monoisotopic (exact) mass is 392 g/mol. The molecule has 0 N–H and O–H groups in total. The molecule has 29 heavy (non-hydrogen) atoms. The summed E-state index contributed by atoms with van der Waals surface area (Å²) in [4.78, 5) is 30.0. The molecule has 0 saturated carbocycles. The molecule has 2 aromatic rings. The molecular weight excluding hydrogens is 364 g/mol. The third-order valence-electron chi connectivity index (χ3n) is 5.79. The second-order valence-electron chi connectivity index (χ2n) is 8.15. The lowest BCUT2D eigenvalue weighted by molar-refractivity contribution is -0.139. The van der Waals surface area contributed by atoms with Gasteiger partial charge >= 0.3 is 0 Å². The molecule has 4 rings (SSSR count). The number of ether oxygens (including phenoxy) is 1. The number of benzene rings is 2. The SMILES string of the molecule is CC(C)c1ccc(C(=O)N2C[C@H](C(=O)N3CCCCC3)Oc3ccccc32)cc1. The van der Waals surface area contributed by atoms with Gasteiger partial charge in [-0.1, -0.05) is 38.1 Å². The van der Waals surface area contributed by atoms with Crippen molar-refractivity contribution in [1.82, 2.24) is 4.90 Å². The van der Waals surface area contributed by atoms with E-state index >= 15 is 0 Å². The molecule has 2 aliphatic heterocycles. The van der Waals surface area contributed by atoms with Crippen LogP contribution in [0.5, 0.6) is 5.75 Å². The lowest BCUT2D eigenvalue weighted by Gasteiger charge is -2.37. The Kier molecular flexibility index (Phi) is 5.56. The van der Waals surface area contributed by atoms with E-state index in [1.54, 1.807) is 4.90 Å². The Morgan fingerprint density at radius 2 is 1.66 bits per heavy atom. The molecule has 152 valence electrons. The van der Waals surface area contributed by atoms with Crippen molar-refractivity contribution in [1.29, 1.82) is 0 Å². The fourth-order valence-electron chi connectivity index (χ4n) is 4.04. The van der Waals surface area contributed by atoms with Gasteiger partial charge in [-0.25, -0.2) is 0 Å². The third-order valence-corrected chi connectivity index (χ3v) is 5.79. The van der Waals surface area contributed by atoms with Gasteiger partial charge in [0.1, 0.15) is 5.75 Å². The normalized spacial score (nSPS) is 18.9. The summed E-state index contributed by atoms with van der Waals surface area (Å²) in [5.74, 6) is 0.871. The highest BCUT2D eigenvalue weighted by atomic mass is 16.5. The van der Waals surface area contributed by atoms with E-state index in [-0.39, 0.29) is 18.4 Å². The Bertz CT molecular complexity index is 885. The van der Waals surface area contributed by atoms with E-state index in [1.165, 1.54) is 5.56 Å². The fourth-order valence-corrected chi connectivity index (χ4v) is 4.04. The Balaban J connectivity index is 1.60. The summed E-state index contributed by atoms with van der Waals surface area (Å²) >= 11 is 0. The lowest BCUT2D eigenvalue weighted by atomic mass is 10.0. The first-order valence-corrected chi connectivity index (χ1v) is 10.5. The van der Waals surface area contributed by atoms with E-state index in [0.29, 0.717) is 22.9 Å². The Hall–Kier alpha value is -2.82. The molecule has 1 atom stereocenters. The molecule has 0 aliphatic carbocycles. The number of rotatable bonds is 3. The summed E-state index contributed by atoms with van der Waals surface area (Å²) in [6.45, 7) is 6.03. The van der Waals surface area contributed by atoms with Crippen molar-refractivity contribution in [2.45, 2.75) is 45.1 Å². The van der Waals surface area contributed by atoms with E-state index in [4.69, 9.17) is 4.74 Å². The van der Waals surface area contributed by atoms with E-state index in [1.807, 2.05) is 53.4 Å². The number of anilines is 1. The van der Waals surface area contributed by atoms with Gasteiger partial charge in [0.2, 0.25) is 0 Å². The molecule has 1 saturated heterocycles. The topological polar surface area (TPSA) is 49.9 Å². The van der Waals surface area contributed by atoms with Crippen LogP contribution in [0.4, 0.5) is 5.69 Å². The van der Waals surface area contributed by atoms with E-state index in [9.17, 15) is 9.59 Å². The van der Waals surface area contributed by atoms with Gasteiger partial charge < -0.3 is 14.5 Å². The molecule has 1 fully saturated rings. The van der Waals surface area contributed by atoms with Crippen molar-refractivity contribution in [3.8, 4) is 5.75 Å². The Labute approximate surface area is 172 Å². The minimum Gasteiger partial charge on any atom is -0.476 e. The first-order valence-electron chi connectivity index (χ1n) is 10.5. The van der Waals surface area contributed by atoms with Crippen LogP contribution >= 0.6 is 0 Å². The highest BCUT2D eigenvalue weighted by Gasteiger charge is 2.36. The molecule has 0 radical (unpaired) electrons. The molecule has 2 aliphatic rings. The number of amides is 2. The van der Waals surface area contributed by atoms with Crippen LogP contribution in [-0.2, 0) is 4.79 Å². The zero-order chi connectivity index (χ0) is 20.4.